The van der Waals surface area contributed by atoms with Crippen molar-refractivity contribution in [1.82, 2.24) is 10.2 Å². The zero-order chi connectivity index (χ0) is 13.2. The molecule has 1 fully saturated rings. The van der Waals surface area contributed by atoms with Gasteiger partial charge in [-0.05, 0) is 40.0 Å². The summed E-state index contributed by atoms with van der Waals surface area (Å²) in [4.78, 5) is 13.1. The van der Waals surface area contributed by atoms with E-state index in [9.17, 15) is 10.1 Å². The molecule has 5 nitrogen and oxygen atoms in total. The minimum atomic E-state index is -0.285. The topological polar surface area (TPSA) is 58.4 Å². The minimum absolute atomic E-state index is 0.219. The van der Waals surface area contributed by atoms with E-state index in [2.05, 4.69) is 17.3 Å². The van der Waals surface area contributed by atoms with Gasteiger partial charge in [-0.2, -0.15) is 0 Å². The molecular weight excluding hydrogens is 230 g/mol. The Hall–Kier alpha value is -1.46. The molecule has 0 bridgehead atoms. The number of nitrogens with zero attached hydrogens (tertiary/aromatic N) is 2. The van der Waals surface area contributed by atoms with E-state index in [0.717, 1.165) is 31.5 Å². The lowest BCUT2D eigenvalue weighted by Crippen LogP contribution is -2.49. The van der Waals surface area contributed by atoms with Crippen molar-refractivity contribution in [2.45, 2.75) is 18.4 Å². The first-order chi connectivity index (χ1) is 8.59. The number of likely N-dealkylation sites (tertiary alicyclic amines) is 1. The molecule has 2 rings (SSSR count). The van der Waals surface area contributed by atoms with Gasteiger partial charge in [-0.15, -0.1) is 0 Å². The van der Waals surface area contributed by atoms with Crippen molar-refractivity contribution in [1.29, 1.82) is 0 Å². The number of hydrogen-bond acceptors (Lipinski definition) is 4. The quantitative estimate of drug-likeness (QED) is 0.654. The lowest BCUT2D eigenvalue weighted by atomic mass is 9.80. The molecule has 98 valence electrons. The largest absolute Gasteiger partial charge is 0.310 e. The van der Waals surface area contributed by atoms with Crippen LogP contribution in [0.5, 0.6) is 0 Å². The Kier molecular flexibility index (Phi) is 3.63. The summed E-state index contributed by atoms with van der Waals surface area (Å²) in [6, 6.07) is 7.06. The molecule has 0 amide bonds. The van der Waals surface area contributed by atoms with Crippen LogP contribution in [0.4, 0.5) is 5.69 Å². The zero-order valence-electron chi connectivity index (χ0n) is 10.8. The Bertz CT molecular complexity index is 440. The Balaban J connectivity index is 2.41. The maximum Gasteiger partial charge on any atom is 0.274 e. The summed E-state index contributed by atoms with van der Waals surface area (Å²) in [5.41, 5.74) is 0.762. The number of nitrogens with one attached hydrogen (secondary N) is 1. The molecule has 18 heavy (non-hydrogen) atoms. The minimum Gasteiger partial charge on any atom is -0.310 e. The molecule has 1 aromatic carbocycles. The van der Waals surface area contributed by atoms with Crippen LogP contribution in [-0.4, -0.2) is 37.0 Å². The standard InChI is InChI=1S/C13H19N3O2/c1-14-13(7-9-15(2)10-8-13)11-5-3-4-6-12(11)16(17)18/h3-6,14H,7-10H2,1-2H3. The Labute approximate surface area is 107 Å². The number of hydrogen-bond donors (Lipinski definition) is 1. The fourth-order valence-corrected chi connectivity index (χ4v) is 2.69. The fourth-order valence-electron chi connectivity index (χ4n) is 2.69. The summed E-state index contributed by atoms with van der Waals surface area (Å²) < 4.78 is 0. The first-order valence-electron chi connectivity index (χ1n) is 6.20. The molecule has 0 aliphatic carbocycles. The van der Waals surface area contributed by atoms with E-state index < -0.39 is 0 Å². The number of piperidine rings is 1. The summed E-state index contributed by atoms with van der Waals surface area (Å²) in [6.07, 6.45) is 1.79. The van der Waals surface area contributed by atoms with Crippen LogP contribution in [0.2, 0.25) is 0 Å². The number of benzene rings is 1. The van der Waals surface area contributed by atoms with Crippen LogP contribution in [0.15, 0.2) is 24.3 Å². The van der Waals surface area contributed by atoms with Crippen LogP contribution >= 0.6 is 0 Å². The zero-order valence-corrected chi connectivity index (χ0v) is 10.8. The highest BCUT2D eigenvalue weighted by Crippen LogP contribution is 2.37. The van der Waals surface area contributed by atoms with Gasteiger partial charge in [-0.3, -0.25) is 10.1 Å². The molecule has 0 atom stereocenters. The second kappa shape index (κ2) is 5.04. The van der Waals surface area contributed by atoms with Crippen molar-refractivity contribution in [3.8, 4) is 0 Å². The summed E-state index contributed by atoms with van der Waals surface area (Å²) in [5.74, 6) is 0. The molecule has 1 heterocycles. The van der Waals surface area contributed by atoms with Gasteiger partial charge in [0.1, 0.15) is 0 Å². The third kappa shape index (κ3) is 2.23. The van der Waals surface area contributed by atoms with Crippen molar-refractivity contribution in [3.05, 3.63) is 39.9 Å². The number of para-hydroxylation sites is 1. The average Bonchev–Trinajstić information content (AvgIpc) is 2.40. The van der Waals surface area contributed by atoms with E-state index >= 15 is 0 Å². The molecule has 1 saturated heterocycles. The second-order valence-corrected chi connectivity index (χ2v) is 4.91. The van der Waals surface area contributed by atoms with Crippen molar-refractivity contribution in [2.75, 3.05) is 27.2 Å². The predicted molar refractivity (Wildman–Crippen MR) is 70.6 cm³/mol. The van der Waals surface area contributed by atoms with Gasteiger partial charge < -0.3 is 10.2 Å². The maximum atomic E-state index is 11.2. The van der Waals surface area contributed by atoms with Crippen LogP contribution in [0.25, 0.3) is 0 Å². The molecule has 0 unspecified atom stereocenters. The average molecular weight is 249 g/mol. The lowest BCUT2D eigenvalue weighted by molar-refractivity contribution is -0.386. The van der Waals surface area contributed by atoms with Crippen molar-refractivity contribution in [3.63, 3.8) is 0 Å². The maximum absolute atomic E-state index is 11.2. The van der Waals surface area contributed by atoms with Gasteiger partial charge in [-0.1, -0.05) is 18.2 Å². The Morgan fingerprint density at radius 2 is 1.94 bits per heavy atom. The fraction of sp³-hybridized carbons (Fsp3) is 0.538. The predicted octanol–water partition coefficient (Wildman–Crippen LogP) is 1.74. The number of nitro groups is 1. The number of rotatable bonds is 3. The van der Waals surface area contributed by atoms with E-state index in [0.29, 0.717) is 0 Å². The van der Waals surface area contributed by atoms with E-state index in [1.165, 1.54) is 0 Å². The summed E-state index contributed by atoms with van der Waals surface area (Å²) >= 11 is 0. The van der Waals surface area contributed by atoms with Gasteiger partial charge in [0.25, 0.3) is 5.69 Å². The van der Waals surface area contributed by atoms with Gasteiger partial charge in [0.15, 0.2) is 0 Å². The second-order valence-electron chi connectivity index (χ2n) is 4.91. The molecule has 5 heteroatoms. The molecule has 0 saturated carbocycles. The molecule has 1 N–H and O–H groups in total. The van der Waals surface area contributed by atoms with E-state index in [1.54, 1.807) is 12.1 Å². The highest BCUT2D eigenvalue weighted by Gasteiger charge is 2.38. The van der Waals surface area contributed by atoms with Crippen LogP contribution in [0.3, 0.4) is 0 Å². The monoisotopic (exact) mass is 249 g/mol. The van der Waals surface area contributed by atoms with E-state index in [1.807, 2.05) is 19.2 Å². The Morgan fingerprint density at radius 3 is 2.50 bits per heavy atom. The molecular formula is C13H19N3O2. The third-order valence-corrected chi connectivity index (χ3v) is 3.94. The van der Waals surface area contributed by atoms with Gasteiger partial charge in [-0.25, -0.2) is 0 Å². The molecule has 0 spiro atoms. The van der Waals surface area contributed by atoms with Crippen molar-refractivity contribution >= 4 is 5.69 Å². The normalized spacial score (nSPS) is 19.7. The molecule has 0 radical (unpaired) electrons. The highest BCUT2D eigenvalue weighted by atomic mass is 16.6. The summed E-state index contributed by atoms with van der Waals surface area (Å²) in [7, 11) is 3.97. The van der Waals surface area contributed by atoms with Crippen molar-refractivity contribution < 1.29 is 4.92 Å². The third-order valence-electron chi connectivity index (χ3n) is 3.94. The first-order valence-corrected chi connectivity index (χ1v) is 6.20. The van der Waals surface area contributed by atoms with E-state index in [-0.39, 0.29) is 16.1 Å². The SMILES string of the molecule is CNC1(c2ccccc2[N+](=O)[O-])CCN(C)CC1. The smallest absolute Gasteiger partial charge is 0.274 e. The number of nitro benzene ring substituents is 1. The van der Waals surface area contributed by atoms with Crippen LogP contribution in [0.1, 0.15) is 18.4 Å². The lowest BCUT2D eigenvalue weighted by Gasteiger charge is -2.40. The van der Waals surface area contributed by atoms with Gasteiger partial charge in [0.2, 0.25) is 0 Å². The molecule has 0 aromatic heterocycles. The molecule has 1 aliphatic rings. The Morgan fingerprint density at radius 1 is 1.33 bits per heavy atom. The van der Waals surface area contributed by atoms with Gasteiger partial charge in [0, 0.05) is 11.6 Å². The van der Waals surface area contributed by atoms with Crippen LogP contribution in [-0.2, 0) is 5.54 Å². The summed E-state index contributed by atoms with van der Waals surface area (Å²) in [5, 5.41) is 14.5. The van der Waals surface area contributed by atoms with Gasteiger partial charge in [0.05, 0.1) is 10.5 Å². The van der Waals surface area contributed by atoms with Gasteiger partial charge >= 0.3 is 0 Å². The first kappa shape index (κ1) is 13.0. The molecule has 1 aromatic rings. The summed E-state index contributed by atoms with van der Waals surface area (Å²) in [6.45, 7) is 1.90. The molecule has 1 aliphatic heterocycles. The van der Waals surface area contributed by atoms with Crippen LogP contribution in [0, 0.1) is 10.1 Å². The highest BCUT2D eigenvalue weighted by molar-refractivity contribution is 5.45. The van der Waals surface area contributed by atoms with E-state index in [4.69, 9.17) is 0 Å². The van der Waals surface area contributed by atoms with Crippen LogP contribution < -0.4 is 5.32 Å². The van der Waals surface area contributed by atoms with Crippen molar-refractivity contribution in [2.24, 2.45) is 0 Å².